The minimum absolute atomic E-state index is 0.268. The maximum atomic E-state index is 12.4. The summed E-state index contributed by atoms with van der Waals surface area (Å²) in [5.41, 5.74) is 8.72. The monoisotopic (exact) mass is 483 g/mol. The van der Waals surface area contributed by atoms with E-state index in [0.717, 1.165) is 26.1 Å². The number of hydrogen-bond acceptors (Lipinski definition) is 3. The Morgan fingerprint density at radius 2 is 1.89 bits per heavy atom. The number of nitrogens with one attached hydrogen (secondary N) is 1. The number of carbonyl (C=O) groups is 1. The van der Waals surface area contributed by atoms with Gasteiger partial charge in [0, 0.05) is 53.7 Å². The average molecular weight is 484 g/mol. The number of rotatable bonds is 5. The van der Waals surface area contributed by atoms with Gasteiger partial charge in [0.05, 0.1) is 23.9 Å². The number of nitrogens with zero attached hydrogens (tertiary/aromatic N) is 2. The Bertz CT molecular complexity index is 1440. The van der Waals surface area contributed by atoms with E-state index in [2.05, 4.69) is 64.8 Å². The van der Waals surface area contributed by atoms with Crippen molar-refractivity contribution in [1.29, 1.82) is 0 Å². The molecule has 2 aliphatic rings. The second-order valence-corrected chi connectivity index (χ2v) is 10.9. The minimum atomic E-state index is -0.268. The first kappa shape index (κ1) is 23.4. The van der Waals surface area contributed by atoms with Gasteiger partial charge in [0.1, 0.15) is 0 Å². The van der Waals surface area contributed by atoms with Gasteiger partial charge < -0.3 is 19.2 Å². The zero-order valence-corrected chi connectivity index (χ0v) is 21.8. The van der Waals surface area contributed by atoms with Crippen LogP contribution in [0, 0.1) is 0 Å². The van der Waals surface area contributed by atoms with Gasteiger partial charge in [-0.1, -0.05) is 57.4 Å². The third-order valence-corrected chi connectivity index (χ3v) is 8.26. The van der Waals surface area contributed by atoms with Gasteiger partial charge in [-0.2, -0.15) is 0 Å². The number of ether oxygens (including phenoxy) is 1. The predicted molar refractivity (Wildman–Crippen MR) is 147 cm³/mol. The van der Waals surface area contributed by atoms with Gasteiger partial charge in [-0.05, 0) is 48.4 Å². The quantitative estimate of drug-likeness (QED) is 0.311. The van der Waals surface area contributed by atoms with Gasteiger partial charge in [-0.15, -0.1) is 0 Å². The maximum Gasteiger partial charge on any atom is 0.337 e. The number of fused-ring (bicyclic) bond motifs is 4. The Labute approximate surface area is 213 Å². The van der Waals surface area contributed by atoms with E-state index < -0.39 is 0 Å². The molecule has 0 radical (unpaired) electrons. The Kier molecular flexibility index (Phi) is 6.12. The predicted octanol–water partition coefficient (Wildman–Crippen LogP) is 7.00. The van der Waals surface area contributed by atoms with E-state index in [9.17, 15) is 4.79 Å². The molecular weight excluding hydrogens is 446 g/mol. The van der Waals surface area contributed by atoms with Crippen LogP contribution in [-0.2, 0) is 24.4 Å². The minimum Gasteiger partial charge on any atom is -0.465 e. The van der Waals surface area contributed by atoms with Crippen molar-refractivity contribution in [2.45, 2.75) is 84.0 Å². The highest BCUT2D eigenvalue weighted by molar-refractivity contribution is 6.03. The van der Waals surface area contributed by atoms with Crippen LogP contribution in [0.3, 0.4) is 0 Å². The zero-order chi connectivity index (χ0) is 24.8. The lowest BCUT2D eigenvalue weighted by Crippen LogP contribution is -2.21. The highest BCUT2D eigenvalue weighted by atomic mass is 16.5. The molecule has 2 aromatic carbocycles. The van der Waals surface area contributed by atoms with Gasteiger partial charge in [-0.3, -0.25) is 0 Å². The summed E-state index contributed by atoms with van der Waals surface area (Å²) in [4.78, 5) is 12.4. The molecule has 2 aromatic heterocycles. The van der Waals surface area contributed by atoms with Gasteiger partial charge >= 0.3 is 5.97 Å². The van der Waals surface area contributed by atoms with Crippen molar-refractivity contribution in [3.63, 3.8) is 0 Å². The lowest BCUT2D eigenvalue weighted by Gasteiger charge is -2.25. The molecule has 0 spiro atoms. The van der Waals surface area contributed by atoms with E-state index in [-0.39, 0.29) is 5.97 Å². The summed E-state index contributed by atoms with van der Waals surface area (Å²) in [6.07, 6.45) is 9.83. The number of hydrogen-bond donors (Lipinski definition) is 1. The molecule has 3 heterocycles. The highest BCUT2D eigenvalue weighted by Gasteiger charge is 2.29. The molecule has 6 rings (SSSR count). The highest BCUT2D eigenvalue weighted by Crippen LogP contribution is 2.46. The first-order valence-corrected chi connectivity index (χ1v) is 13.7. The van der Waals surface area contributed by atoms with Crippen molar-refractivity contribution in [1.82, 2.24) is 14.5 Å². The second kappa shape index (κ2) is 9.44. The summed E-state index contributed by atoms with van der Waals surface area (Å²) in [7, 11) is 1.46. The number of aryl methyl sites for hydroxylation is 2. The van der Waals surface area contributed by atoms with Crippen LogP contribution in [0.5, 0.6) is 0 Å². The van der Waals surface area contributed by atoms with Crippen molar-refractivity contribution < 1.29 is 9.53 Å². The van der Waals surface area contributed by atoms with Crippen LogP contribution >= 0.6 is 0 Å². The van der Waals surface area contributed by atoms with Crippen LogP contribution in [0.25, 0.3) is 33.1 Å². The molecule has 1 aliphatic carbocycles. The fourth-order valence-electron chi connectivity index (χ4n) is 6.60. The van der Waals surface area contributed by atoms with Crippen molar-refractivity contribution in [2.24, 2.45) is 0 Å². The lowest BCUT2D eigenvalue weighted by molar-refractivity contribution is 0.0601. The third kappa shape index (κ3) is 3.85. The van der Waals surface area contributed by atoms with E-state index in [1.165, 1.54) is 83.4 Å². The molecule has 0 bridgehead atoms. The molecule has 0 atom stereocenters. The first-order valence-electron chi connectivity index (χ1n) is 13.7. The zero-order valence-electron chi connectivity index (χ0n) is 21.8. The van der Waals surface area contributed by atoms with E-state index in [4.69, 9.17) is 4.74 Å². The summed E-state index contributed by atoms with van der Waals surface area (Å²) >= 11 is 0. The molecule has 1 aliphatic heterocycles. The number of carbonyl (C=O) groups excluding carboxylic acids is 1. The fraction of sp³-hybridized carbons (Fsp3) is 0.452. The second-order valence-electron chi connectivity index (χ2n) is 10.9. The molecule has 0 unspecified atom stereocenters. The van der Waals surface area contributed by atoms with E-state index in [0.29, 0.717) is 17.5 Å². The summed E-state index contributed by atoms with van der Waals surface area (Å²) in [5.74, 6) is 0.289. The Morgan fingerprint density at radius 1 is 1.06 bits per heavy atom. The Balaban J connectivity index is 1.63. The van der Waals surface area contributed by atoms with Crippen LogP contribution in [0.15, 0.2) is 42.6 Å². The third-order valence-electron chi connectivity index (χ3n) is 8.26. The molecule has 4 aromatic rings. The van der Waals surface area contributed by atoms with Gasteiger partial charge in [-0.25, -0.2) is 4.79 Å². The van der Waals surface area contributed by atoms with Crippen LogP contribution in [0.2, 0.25) is 0 Å². The van der Waals surface area contributed by atoms with Crippen LogP contribution in [0.1, 0.15) is 79.8 Å². The van der Waals surface area contributed by atoms with Crippen LogP contribution in [-0.4, -0.2) is 28.3 Å². The smallest absolute Gasteiger partial charge is 0.337 e. The van der Waals surface area contributed by atoms with E-state index in [1.54, 1.807) is 0 Å². The molecule has 1 fully saturated rings. The number of para-hydroxylation sites is 1. The summed E-state index contributed by atoms with van der Waals surface area (Å²) in [6.45, 7) is 7.22. The molecule has 5 heteroatoms. The van der Waals surface area contributed by atoms with Gasteiger partial charge in [0.2, 0.25) is 0 Å². The van der Waals surface area contributed by atoms with Crippen LogP contribution in [0.4, 0.5) is 0 Å². The molecule has 0 amide bonds. The molecule has 1 N–H and O–H groups in total. The maximum absolute atomic E-state index is 12.4. The first-order chi connectivity index (χ1) is 17.6. The molecule has 1 saturated carbocycles. The summed E-state index contributed by atoms with van der Waals surface area (Å²) < 4.78 is 10.1. The largest absolute Gasteiger partial charge is 0.465 e. The Morgan fingerprint density at radius 3 is 2.67 bits per heavy atom. The Hall–Kier alpha value is -3.05. The molecule has 36 heavy (non-hydrogen) atoms. The van der Waals surface area contributed by atoms with Gasteiger partial charge in [0.15, 0.2) is 0 Å². The topological polar surface area (TPSA) is 48.2 Å². The summed E-state index contributed by atoms with van der Waals surface area (Å²) in [5, 5.41) is 6.29. The van der Waals surface area contributed by atoms with Crippen molar-refractivity contribution in [3.8, 4) is 11.3 Å². The number of methoxy groups -OCH3 is 1. The average Bonchev–Trinajstić information content (AvgIpc) is 3.41. The number of benzene rings is 2. The fourth-order valence-corrected chi connectivity index (χ4v) is 6.60. The van der Waals surface area contributed by atoms with Gasteiger partial charge in [0.25, 0.3) is 0 Å². The van der Waals surface area contributed by atoms with E-state index >= 15 is 0 Å². The normalized spacial score (nSPS) is 16.3. The molecule has 5 nitrogen and oxygen atoms in total. The molecular formula is C31H37N3O2. The lowest BCUT2D eigenvalue weighted by atomic mass is 9.81. The van der Waals surface area contributed by atoms with Crippen molar-refractivity contribution in [3.05, 3.63) is 59.3 Å². The van der Waals surface area contributed by atoms with Crippen LogP contribution < -0.4 is 5.32 Å². The number of aromatic nitrogens is 2. The number of esters is 1. The molecule has 0 saturated heterocycles. The summed E-state index contributed by atoms with van der Waals surface area (Å²) in [6, 6.07) is 13.5. The molecule has 188 valence electrons. The SMILES string of the molecule is COC(=O)c1ccc2c(C3CCCCC3)c3n(c2c1)CCCn1cc(CNC(C)C)c2cccc-3c21. The standard InChI is InChI=1S/C31H37N3O2/c1-20(2)32-18-23-19-33-15-8-16-34-27-17-22(31(35)36-3)13-14-25(27)28(21-9-5-4-6-10-21)30(34)26-12-7-11-24(23)29(26)33/h7,11-14,17,19-21,32H,4-6,8-10,15-16,18H2,1-3H3. The van der Waals surface area contributed by atoms with Crippen molar-refractivity contribution >= 4 is 27.8 Å². The van der Waals surface area contributed by atoms with Crippen molar-refractivity contribution in [2.75, 3.05) is 7.11 Å². The van der Waals surface area contributed by atoms with E-state index in [1.807, 2.05) is 6.07 Å².